The van der Waals surface area contributed by atoms with Gasteiger partial charge in [-0.05, 0) is 63.1 Å². The summed E-state index contributed by atoms with van der Waals surface area (Å²) < 4.78 is 3.32. The Morgan fingerprint density at radius 1 is 0.914 bits per heavy atom. The lowest BCUT2D eigenvalue weighted by atomic mass is 10.1. The highest BCUT2D eigenvalue weighted by atomic mass is 16.2. The Hall–Kier alpha value is -4.46. The van der Waals surface area contributed by atoms with Crippen molar-refractivity contribution in [3.63, 3.8) is 0 Å². The van der Waals surface area contributed by atoms with Gasteiger partial charge in [-0.25, -0.2) is 9.78 Å². The van der Waals surface area contributed by atoms with Gasteiger partial charge in [0.2, 0.25) is 0 Å². The van der Waals surface area contributed by atoms with E-state index in [2.05, 4.69) is 10.3 Å². The van der Waals surface area contributed by atoms with Crippen LogP contribution in [0.25, 0.3) is 17.0 Å². The van der Waals surface area contributed by atoms with Gasteiger partial charge in [-0.2, -0.15) is 4.68 Å². The van der Waals surface area contributed by atoms with Gasteiger partial charge in [0, 0.05) is 11.4 Å². The highest BCUT2D eigenvalue weighted by molar-refractivity contribution is 6.14. The lowest BCUT2D eigenvalue weighted by Crippen LogP contribution is -2.30. The summed E-state index contributed by atoms with van der Waals surface area (Å²) in [5.41, 5.74) is 4.91. The monoisotopic (exact) mass is 467 g/mol. The minimum atomic E-state index is -0.457. The van der Waals surface area contributed by atoms with Crippen LogP contribution in [0.3, 0.4) is 0 Å². The molecule has 176 valence electrons. The van der Waals surface area contributed by atoms with Crippen LogP contribution in [-0.2, 0) is 11.3 Å². The molecule has 0 unspecified atom stereocenters. The van der Waals surface area contributed by atoms with Gasteiger partial charge in [0.15, 0.2) is 0 Å². The number of imide groups is 1. The first-order valence-corrected chi connectivity index (χ1v) is 11.3. The molecule has 0 radical (unpaired) electrons. The van der Waals surface area contributed by atoms with E-state index >= 15 is 0 Å². The first kappa shape index (κ1) is 22.3. The molecule has 0 saturated carbocycles. The van der Waals surface area contributed by atoms with E-state index in [0.29, 0.717) is 16.7 Å². The summed E-state index contributed by atoms with van der Waals surface area (Å²) in [7, 11) is 0. The zero-order valence-electron chi connectivity index (χ0n) is 20.0. The van der Waals surface area contributed by atoms with Crippen molar-refractivity contribution in [2.24, 2.45) is 0 Å². The van der Waals surface area contributed by atoms with E-state index in [1.54, 1.807) is 23.7 Å². The van der Waals surface area contributed by atoms with Gasteiger partial charge in [-0.15, -0.1) is 0 Å². The first-order valence-electron chi connectivity index (χ1n) is 11.3. The zero-order chi connectivity index (χ0) is 24.9. The largest absolute Gasteiger partial charge is 0.329 e. The summed E-state index contributed by atoms with van der Waals surface area (Å²) in [6.45, 7) is 7.71. The van der Waals surface area contributed by atoms with Gasteiger partial charge in [-0.1, -0.05) is 42.0 Å². The number of rotatable bonds is 4. The molecule has 2 aromatic heterocycles. The van der Waals surface area contributed by atoms with E-state index < -0.39 is 6.03 Å². The van der Waals surface area contributed by atoms with E-state index in [4.69, 9.17) is 0 Å². The SMILES string of the molecule is Cc1ccc(CN2C(=O)NC(=Cc3cc(C)n(-n4c(C)nc5ccccc5c4=O)c3C)C2=O)cc1. The van der Waals surface area contributed by atoms with Gasteiger partial charge in [0.25, 0.3) is 11.5 Å². The van der Waals surface area contributed by atoms with Crippen molar-refractivity contribution in [2.45, 2.75) is 34.2 Å². The average Bonchev–Trinajstić information content (AvgIpc) is 3.25. The fourth-order valence-electron chi connectivity index (χ4n) is 4.45. The Bertz CT molecular complexity index is 1590. The summed E-state index contributed by atoms with van der Waals surface area (Å²) in [6.07, 6.45) is 1.66. The fraction of sp³-hybridized carbons (Fsp3) is 0.185. The molecule has 3 amide bonds. The van der Waals surface area contributed by atoms with Crippen LogP contribution in [0.2, 0.25) is 0 Å². The van der Waals surface area contributed by atoms with E-state index in [9.17, 15) is 14.4 Å². The third kappa shape index (κ3) is 3.82. The van der Waals surface area contributed by atoms with E-state index in [-0.39, 0.29) is 23.7 Å². The Morgan fingerprint density at radius 3 is 2.37 bits per heavy atom. The van der Waals surface area contributed by atoms with Crippen LogP contribution < -0.4 is 10.9 Å². The maximum absolute atomic E-state index is 13.3. The summed E-state index contributed by atoms with van der Waals surface area (Å²) >= 11 is 0. The Balaban J connectivity index is 1.51. The number of para-hydroxylation sites is 1. The van der Waals surface area contributed by atoms with Gasteiger partial charge in [0.05, 0.1) is 17.4 Å². The maximum Gasteiger partial charge on any atom is 0.329 e. The van der Waals surface area contributed by atoms with Crippen molar-refractivity contribution >= 4 is 28.9 Å². The smallest absolute Gasteiger partial charge is 0.303 e. The van der Waals surface area contributed by atoms with Gasteiger partial charge in [0.1, 0.15) is 11.5 Å². The van der Waals surface area contributed by atoms with E-state index in [0.717, 1.165) is 28.1 Å². The van der Waals surface area contributed by atoms with Crippen molar-refractivity contribution in [3.05, 3.63) is 105 Å². The predicted molar refractivity (Wildman–Crippen MR) is 134 cm³/mol. The molecule has 4 aromatic rings. The topological polar surface area (TPSA) is 89.2 Å². The van der Waals surface area contributed by atoms with Crippen LogP contribution in [0, 0.1) is 27.7 Å². The number of amides is 3. The van der Waals surface area contributed by atoms with Crippen LogP contribution >= 0.6 is 0 Å². The molecular formula is C27H25N5O3. The number of nitrogens with one attached hydrogen (secondary N) is 1. The van der Waals surface area contributed by atoms with Crippen LogP contribution in [-0.4, -0.2) is 31.2 Å². The number of benzene rings is 2. The number of hydrogen-bond donors (Lipinski definition) is 1. The molecule has 8 heteroatoms. The molecule has 8 nitrogen and oxygen atoms in total. The molecule has 1 aliphatic rings. The number of carbonyl (C=O) groups excluding carboxylic acids is 2. The highest BCUT2D eigenvalue weighted by Crippen LogP contribution is 2.22. The Kier molecular flexibility index (Phi) is 5.36. The van der Waals surface area contributed by atoms with Crippen LogP contribution in [0.5, 0.6) is 0 Å². The third-order valence-electron chi connectivity index (χ3n) is 6.27. The molecule has 0 aliphatic carbocycles. The zero-order valence-corrected chi connectivity index (χ0v) is 20.0. The summed E-state index contributed by atoms with van der Waals surface area (Å²) in [5, 5.41) is 3.21. The fourth-order valence-corrected chi connectivity index (χ4v) is 4.45. The van der Waals surface area contributed by atoms with E-state index in [1.807, 2.05) is 69.3 Å². The van der Waals surface area contributed by atoms with Crippen molar-refractivity contribution in [2.75, 3.05) is 0 Å². The summed E-state index contributed by atoms with van der Waals surface area (Å²) in [5.74, 6) is 0.158. The van der Waals surface area contributed by atoms with Crippen molar-refractivity contribution < 1.29 is 9.59 Å². The van der Waals surface area contributed by atoms with Crippen LogP contribution in [0.15, 0.2) is 65.1 Å². The van der Waals surface area contributed by atoms with Crippen LogP contribution in [0.4, 0.5) is 4.79 Å². The van der Waals surface area contributed by atoms with Crippen molar-refractivity contribution in [1.29, 1.82) is 0 Å². The minimum Gasteiger partial charge on any atom is -0.303 e. The molecule has 1 N–H and O–H groups in total. The average molecular weight is 468 g/mol. The number of hydrogen-bond acceptors (Lipinski definition) is 4. The number of aromatic nitrogens is 3. The number of carbonyl (C=O) groups is 2. The van der Waals surface area contributed by atoms with Crippen molar-refractivity contribution in [1.82, 2.24) is 24.6 Å². The minimum absolute atomic E-state index is 0.177. The quantitative estimate of drug-likeness (QED) is 0.365. The molecule has 5 rings (SSSR count). The molecule has 2 aromatic carbocycles. The summed E-state index contributed by atoms with van der Waals surface area (Å²) in [4.78, 5) is 44.7. The van der Waals surface area contributed by atoms with Gasteiger partial charge in [-0.3, -0.25) is 19.2 Å². The molecule has 1 aliphatic heterocycles. The standard InChI is InChI=1S/C27H25N5O3/c1-16-9-11-20(12-10-16)15-30-26(34)24(29-27(30)35)14-21-13-17(2)31(18(21)3)32-19(4)28-23-8-6-5-7-22(23)25(32)33/h5-14H,15H2,1-4H3,(H,29,35). The molecular weight excluding hydrogens is 442 g/mol. The number of urea groups is 1. The first-order chi connectivity index (χ1) is 16.7. The predicted octanol–water partition coefficient (Wildman–Crippen LogP) is 3.84. The summed E-state index contributed by atoms with van der Waals surface area (Å²) in [6, 6.07) is 16.4. The van der Waals surface area contributed by atoms with Crippen molar-refractivity contribution in [3.8, 4) is 0 Å². The highest BCUT2D eigenvalue weighted by Gasteiger charge is 2.33. The molecule has 0 bridgehead atoms. The third-order valence-corrected chi connectivity index (χ3v) is 6.27. The molecule has 1 saturated heterocycles. The molecule has 0 spiro atoms. The maximum atomic E-state index is 13.3. The number of fused-ring (bicyclic) bond motifs is 1. The van der Waals surface area contributed by atoms with Gasteiger partial charge >= 0.3 is 6.03 Å². The molecule has 1 fully saturated rings. The van der Waals surface area contributed by atoms with Gasteiger partial charge < -0.3 is 5.32 Å². The molecule has 3 heterocycles. The second-order valence-electron chi connectivity index (χ2n) is 8.80. The lowest BCUT2D eigenvalue weighted by Gasteiger charge is -2.16. The molecule has 0 atom stereocenters. The number of nitrogens with zero attached hydrogens (tertiary/aromatic N) is 4. The Morgan fingerprint density at radius 2 is 1.63 bits per heavy atom. The second-order valence-corrected chi connectivity index (χ2v) is 8.80. The second kappa shape index (κ2) is 8.39. The normalized spacial score (nSPS) is 14.9. The molecule has 35 heavy (non-hydrogen) atoms. The van der Waals surface area contributed by atoms with E-state index in [1.165, 1.54) is 9.58 Å². The number of aryl methyl sites for hydroxylation is 3. The lowest BCUT2D eigenvalue weighted by molar-refractivity contribution is -0.123. The Labute approximate surface area is 202 Å². The van der Waals surface area contributed by atoms with Crippen LogP contribution in [0.1, 0.15) is 33.9 Å².